The van der Waals surface area contributed by atoms with Crippen molar-refractivity contribution in [2.75, 3.05) is 32.8 Å². The Bertz CT molecular complexity index is 1390. The van der Waals surface area contributed by atoms with Crippen LogP contribution in [-0.2, 0) is 18.7 Å². The lowest BCUT2D eigenvalue weighted by molar-refractivity contribution is -0.0138. The molecule has 2 N–H and O–H groups in total. The van der Waals surface area contributed by atoms with Crippen molar-refractivity contribution in [3.8, 4) is 17.6 Å². The number of aliphatic hydroxyl groups is 1. The Hall–Kier alpha value is -3.45. The van der Waals surface area contributed by atoms with Crippen LogP contribution in [0.15, 0.2) is 41.3 Å². The molecule has 0 amide bonds. The van der Waals surface area contributed by atoms with Crippen molar-refractivity contribution >= 4 is 10.9 Å². The fraction of sp³-hybridized carbons (Fsp3) is 0.423. The largest absolute Gasteiger partial charge is 0.486 e. The number of ether oxygens (including phenoxy) is 2. The Balaban J connectivity index is 1.11. The maximum atomic E-state index is 12.5. The number of nitrogens with zero attached hydrogens (tertiary/aromatic N) is 4. The van der Waals surface area contributed by atoms with Crippen LogP contribution in [0.2, 0.25) is 0 Å². The Morgan fingerprint density at radius 2 is 1.94 bits per heavy atom. The smallest absolute Gasteiger partial charge is 0.251 e. The predicted molar refractivity (Wildman–Crippen MR) is 128 cm³/mol. The highest BCUT2D eigenvalue weighted by atomic mass is 16.6. The van der Waals surface area contributed by atoms with Gasteiger partial charge in [-0.15, -0.1) is 0 Å². The summed E-state index contributed by atoms with van der Waals surface area (Å²) in [4.78, 5) is 19.2. The highest BCUT2D eigenvalue weighted by Crippen LogP contribution is 2.39. The Kier molecular flexibility index (Phi) is 5.44. The van der Waals surface area contributed by atoms with E-state index in [2.05, 4.69) is 21.3 Å². The van der Waals surface area contributed by atoms with E-state index in [1.165, 1.54) is 6.07 Å². The standard InChI is InChI=1S/C26H27N5O4/c27-12-18-2-1-17-3-4-23(32)31-16-26(33,24(18)25(17)31)15-30-7-5-19(6-8-30)28-13-20-11-21-22(14-29-20)35-10-9-34-21/h1-4,11,14,19,28,33H,5-10,13,15-16H2. The summed E-state index contributed by atoms with van der Waals surface area (Å²) < 4.78 is 12.8. The summed E-state index contributed by atoms with van der Waals surface area (Å²) in [5.41, 5.74) is 1.19. The van der Waals surface area contributed by atoms with E-state index in [1.807, 2.05) is 12.1 Å². The van der Waals surface area contributed by atoms with Crippen molar-refractivity contribution in [2.24, 2.45) is 0 Å². The molecule has 3 aromatic rings. The number of pyridine rings is 2. The fourth-order valence-corrected chi connectivity index (χ4v) is 5.58. The van der Waals surface area contributed by atoms with E-state index in [0.717, 1.165) is 42.8 Å². The van der Waals surface area contributed by atoms with E-state index in [0.29, 0.717) is 54.7 Å². The van der Waals surface area contributed by atoms with Crippen LogP contribution < -0.4 is 20.3 Å². The lowest BCUT2D eigenvalue weighted by Crippen LogP contribution is -2.48. The summed E-state index contributed by atoms with van der Waals surface area (Å²) in [6.45, 7) is 3.95. The van der Waals surface area contributed by atoms with Crippen LogP contribution in [0.5, 0.6) is 11.5 Å². The molecule has 0 spiro atoms. The van der Waals surface area contributed by atoms with Gasteiger partial charge in [0.2, 0.25) is 0 Å². The van der Waals surface area contributed by atoms with Gasteiger partial charge in [-0.05, 0) is 43.5 Å². The van der Waals surface area contributed by atoms with Crippen molar-refractivity contribution in [3.05, 3.63) is 63.7 Å². The van der Waals surface area contributed by atoms with Gasteiger partial charge in [0.1, 0.15) is 18.8 Å². The lowest BCUT2D eigenvalue weighted by atomic mass is 9.89. The minimum atomic E-state index is -1.27. The van der Waals surface area contributed by atoms with Crippen molar-refractivity contribution < 1.29 is 14.6 Å². The number of likely N-dealkylation sites (tertiary alicyclic amines) is 1. The first-order chi connectivity index (χ1) is 17.0. The van der Waals surface area contributed by atoms with Crippen molar-refractivity contribution in [1.29, 1.82) is 5.26 Å². The third-order valence-corrected chi connectivity index (χ3v) is 7.29. The zero-order chi connectivity index (χ0) is 24.0. The van der Waals surface area contributed by atoms with E-state index in [9.17, 15) is 15.2 Å². The second-order valence-electron chi connectivity index (χ2n) is 9.58. The summed E-state index contributed by atoms with van der Waals surface area (Å²) in [7, 11) is 0. The van der Waals surface area contributed by atoms with Gasteiger partial charge >= 0.3 is 0 Å². The summed E-state index contributed by atoms with van der Waals surface area (Å²) in [5.74, 6) is 1.44. The molecule has 0 radical (unpaired) electrons. The van der Waals surface area contributed by atoms with Gasteiger partial charge in [-0.25, -0.2) is 0 Å². The highest BCUT2D eigenvalue weighted by Gasteiger charge is 2.42. The van der Waals surface area contributed by atoms with Crippen LogP contribution in [0.4, 0.5) is 0 Å². The average molecular weight is 474 g/mol. The molecular weight excluding hydrogens is 446 g/mol. The first kappa shape index (κ1) is 22.0. The van der Waals surface area contributed by atoms with Crippen LogP contribution in [0.3, 0.4) is 0 Å². The molecule has 1 aromatic carbocycles. The van der Waals surface area contributed by atoms with Gasteiger partial charge in [-0.2, -0.15) is 5.26 Å². The third-order valence-electron chi connectivity index (χ3n) is 7.29. The molecule has 2 aromatic heterocycles. The van der Waals surface area contributed by atoms with Crippen LogP contribution in [-0.4, -0.2) is 58.4 Å². The van der Waals surface area contributed by atoms with E-state index < -0.39 is 5.60 Å². The average Bonchev–Trinajstić information content (AvgIpc) is 3.20. The van der Waals surface area contributed by atoms with E-state index >= 15 is 0 Å². The van der Waals surface area contributed by atoms with Gasteiger partial charge in [0.15, 0.2) is 11.5 Å². The monoisotopic (exact) mass is 473 g/mol. The molecular formula is C26H27N5O4. The molecule has 180 valence electrons. The second-order valence-corrected chi connectivity index (χ2v) is 9.58. The topological polar surface area (TPSA) is 113 Å². The minimum absolute atomic E-state index is 0.152. The molecule has 1 saturated heterocycles. The van der Waals surface area contributed by atoms with Crippen molar-refractivity contribution in [3.63, 3.8) is 0 Å². The summed E-state index contributed by atoms with van der Waals surface area (Å²) in [6.07, 6.45) is 3.58. The molecule has 6 rings (SSSR count). The third kappa shape index (κ3) is 3.93. The molecule has 1 unspecified atom stereocenters. The Morgan fingerprint density at radius 3 is 2.74 bits per heavy atom. The number of hydrogen-bond acceptors (Lipinski definition) is 8. The number of hydrogen-bond donors (Lipinski definition) is 2. The molecule has 5 heterocycles. The molecule has 3 aliphatic rings. The quantitative estimate of drug-likeness (QED) is 0.573. The van der Waals surface area contributed by atoms with Gasteiger partial charge in [-0.1, -0.05) is 6.07 Å². The van der Waals surface area contributed by atoms with Crippen LogP contribution >= 0.6 is 0 Å². The Morgan fingerprint density at radius 1 is 1.17 bits per heavy atom. The zero-order valence-electron chi connectivity index (χ0n) is 19.4. The minimum Gasteiger partial charge on any atom is -0.486 e. The number of aromatic nitrogens is 2. The van der Waals surface area contributed by atoms with Crippen LogP contribution in [0.1, 0.15) is 29.7 Å². The second kappa shape index (κ2) is 8.64. The van der Waals surface area contributed by atoms with E-state index in [-0.39, 0.29) is 12.1 Å². The Labute approximate surface area is 202 Å². The highest BCUT2D eigenvalue weighted by molar-refractivity contribution is 5.87. The van der Waals surface area contributed by atoms with Crippen molar-refractivity contribution in [2.45, 2.75) is 37.6 Å². The number of piperidine rings is 1. The van der Waals surface area contributed by atoms with Crippen molar-refractivity contribution in [1.82, 2.24) is 19.8 Å². The molecule has 0 bridgehead atoms. The van der Waals surface area contributed by atoms with Crippen LogP contribution in [0, 0.1) is 11.3 Å². The molecule has 9 heteroatoms. The number of rotatable bonds is 5. The summed E-state index contributed by atoms with van der Waals surface area (Å²) in [5, 5.41) is 25.9. The van der Waals surface area contributed by atoms with Gasteiger partial charge in [0, 0.05) is 36.8 Å². The summed E-state index contributed by atoms with van der Waals surface area (Å²) >= 11 is 0. The zero-order valence-corrected chi connectivity index (χ0v) is 19.4. The number of benzene rings is 1. The van der Waals surface area contributed by atoms with E-state index in [4.69, 9.17) is 9.47 Å². The maximum absolute atomic E-state index is 12.5. The molecule has 3 aliphatic heterocycles. The van der Waals surface area contributed by atoms with Gasteiger partial charge in [0.05, 0.1) is 35.6 Å². The maximum Gasteiger partial charge on any atom is 0.251 e. The van der Waals surface area contributed by atoms with E-state index in [1.54, 1.807) is 22.9 Å². The summed E-state index contributed by atoms with van der Waals surface area (Å²) in [6, 6.07) is 11.4. The number of nitriles is 1. The molecule has 0 saturated carbocycles. The van der Waals surface area contributed by atoms with Gasteiger partial charge in [-0.3, -0.25) is 14.7 Å². The SMILES string of the molecule is N#Cc1ccc2ccc(=O)n3c2c1C(O)(CN1CCC(NCc2cc4c(cn2)OCCO4)CC1)C3. The number of fused-ring (bicyclic) bond motifs is 1. The number of nitrogens with one attached hydrogen (secondary N) is 1. The molecule has 1 fully saturated rings. The first-order valence-electron chi connectivity index (χ1n) is 12.0. The molecule has 9 nitrogen and oxygen atoms in total. The first-order valence-corrected chi connectivity index (χ1v) is 12.0. The van der Waals surface area contributed by atoms with Gasteiger partial charge < -0.3 is 24.5 Å². The number of β-amino-alcohol motifs (C(OH)–C–C–N with tert-alkyl or cyclic N) is 1. The van der Waals surface area contributed by atoms with Gasteiger partial charge in [0.25, 0.3) is 5.56 Å². The predicted octanol–water partition coefficient (Wildman–Crippen LogP) is 1.49. The van der Waals surface area contributed by atoms with Crippen LogP contribution in [0.25, 0.3) is 10.9 Å². The normalized spacial score (nSPS) is 21.8. The molecule has 35 heavy (non-hydrogen) atoms. The molecule has 1 atom stereocenters. The molecule has 0 aliphatic carbocycles. The fourth-order valence-electron chi connectivity index (χ4n) is 5.58. The lowest BCUT2D eigenvalue weighted by Gasteiger charge is -2.37.